The fraction of sp³-hybridized carbons (Fsp3) is 0.238. The van der Waals surface area contributed by atoms with Crippen molar-refractivity contribution in [3.05, 3.63) is 83.2 Å². The molecular weight excluding hydrogens is 310 g/mol. The molecule has 0 spiro atoms. The number of aryl methyl sites for hydroxylation is 1. The number of fused-ring (bicyclic) bond motifs is 1. The molecule has 25 heavy (non-hydrogen) atoms. The summed E-state index contributed by atoms with van der Waals surface area (Å²) in [5.41, 5.74) is 5.53. The molecule has 3 aromatic rings. The Labute approximate surface area is 147 Å². The van der Waals surface area contributed by atoms with Crippen molar-refractivity contribution in [3.8, 4) is 11.4 Å². The van der Waals surface area contributed by atoms with Crippen LogP contribution in [0.1, 0.15) is 28.4 Å². The number of nitrogens with zero attached hydrogens (tertiary/aromatic N) is 3. The second kappa shape index (κ2) is 6.75. The Kier molecular flexibility index (Phi) is 4.30. The summed E-state index contributed by atoms with van der Waals surface area (Å²) in [7, 11) is 0. The van der Waals surface area contributed by atoms with Crippen LogP contribution in [0, 0.1) is 6.92 Å². The Morgan fingerprint density at radius 3 is 2.68 bits per heavy atom. The van der Waals surface area contributed by atoms with Gasteiger partial charge in [0.2, 0.25) is 0 Å². The molecule has 2 aromatic carbocycles. The van der Waals surface area contributed by atoms with Gasteiger partial charge < -0.3 is 5.11 Å². The number of hydrogen-bond acceptors (Lipinski definition) is 4. The van der Waals surface area contributed by atoms with Crippen molar-refractivity contribution in [1.82, 2.24) is 14.9 Å². The lowest BCUT2D eigenvalue weighted by Crippen LogP contribution is -2.33. The van der Waals surface area contributed by atoms with Gasteiger partial charge in [-0.05, 0) is 24.1 Å². The number of aliphatic hydroxyl groups excluding tert-OH is 1. The topological polar surface area (TPSA) is 49.2 Å². The van der Waals surface area contributed by atoms with Crippen LogP contribution in [0.25, 0.3) is 11.4 Å². The molecule has 0 aliphatic carbocycles. The maximum Gasteiger partial charge on any atom is 0.159 e. The average molecular weight is 331 g/mol. The van der Waals surface area contributed by atoms with E-state index in [4.69, 9.17) is 0 Å². The number of aliphatic hydroxyl groups is 1. The summed E-state index contributed by atoms with van der Waals surface area (Å²) in [5.74, 6) is 0.747. The van der Waals surface area contributed by atoms with Gasteiger partial charge in [-0.25, -0.2) is 9.97 Å². The van der Waals surface area contributed by atoms with Crippen molar-refractivity contribution in [1.29, 1.82) is 0 Å². The van der Waals surface area contributed by atoms with Gasteiger partial charge in [0.05, 0.1) is 6.10 Å². The van der Waals surface area contributed by atoms with Crippen LogP contribution in [0.3, 0.4) is 0 Å². The quantitative estimate of drug-likeness (QED) is 0.798. The molecule has 0 radical (unpaired) electrons. The summed E-state index contributed by atoms with van der Waals surface area (Å²) in [6, 6.07) is 16.3. The molecule has 1 aromatic heterocycles. The van der Waals surface area contributed by atoms with Crippen molar-refractivity contribution in [2.45, 2.75) is 26.1 Å². The first kappa shape index (κ1) is 15.9. The van der Waals surface area contributed by atoms with Gasteiger partial charge in [-0.2, -0.15) is 0 Å². The lowest BCUT2D eigenvalue weighted by molar-refractivity contribution is 0.0881. The van der Waals surface area contributed by atoms with E-state index in [1.54, 1.807) is 0 Å². The van der Waals surface area contributed by atoms with E-state index < -0.39 is 6.10 Å². The molecular formula is C21H21N3O. The zero-order chi connectivity index (χ0) is 17.2. The van der Waals surface area contributed by atoms with E-state index in [2.05, 4.69) is 40.0 Å². The SMILES string of the molecule is Cc1cccc(-c2ncc(CN3Cc4ccccc4[C@@H](O)C3)cn2)c1. The Morgan fingerprint density at radius 1 is 1.08 bits per heavy atom. The summed E-state index contributed by atoms with van der Waals surface area (Å²) in [4.78, 5) is 11.3. The molecule has 0 amide bonds. The Bertz CT molecular complexity index is 876. The third kappa shape index (κ3) is 3.45. The van der Waals surface area contributed by atoms with E-state index in [9.17, 15) is 5.11 Å². The maximum atomic E-state index is 10.4. The van der Waals surface area contributed by atoms with E-state index in [1.807, 2.05) is 42.7 Å². The molecule has 2 heterocycles. The van der Waals surface area contributed by atoms with Gasteiger partial charge >= 0.3 is 0 Å². The number of hydrogen-bond donors (Lipinski definition) is 1. The van der Waals surface area contributed by atoms with Gasteiger partial charge in [0.15, 0.2) is 5.82 Å². The third-order valence-corrected chi connectivity index (χ3v) is 4.63. The Balaban J connectivity index is 1.49. The minimum atomic E-state index is -0.433. The molecule has 1 atom stereocenters. The zero-order valence-corrected chi connectivity index (χ0v) is 14.3. The third-order valence-electron chi connectivity index (χ3n) is 4.63. The first-order valence-corrected chi connectivity index (χ1v) is 8.55. The number of aromatic nitrogens is 2. The molecule has 0 bridgehead atoms. The van der Waals surface area contributed by atoms with Crippen molar-refractivity contribution >= 4 is 0 Å². The highest BCUT2D eigenvalue weighted by Gasteiger charge is 2.23. The average Bonchev–Trinajstić information content (AvgIpc) is 2.62. The Morgan fingerprint density at radius 2 is 1.88 bits per heavy atom. The van der Waals surface area contributed by atoms with Crippen LogP contribution in [0.2, 0.25) is 0 Å². The van der Waals surface area contributed by atoms with Crippen LogP contribution >= 0.6 is 0 Å². The molecule has 0 unspecified atom stereocenters. The van der Waals surface area contributed by atoms with E-state index >= 15 is 0 Å². The van der Waals surface area contributed by atoms with Gasteiger partial charge in [0, 0.05) is 43.2 Å². The highest BCUT2D eigenvalue weighted by Crippen LogP contribution is 2.27. The van der Waals surface area contributed by atoms with Gasteiger partial charge in [-0.3, -0.25) is 4.90 Å². The van der Waals surface area contributed by atoms with Crippen LogP contribution in [0.5, 0.6) is 0 Å². The highest BCUT2D eigenvalue weighted by atomic mass is 16.3. The van der Waals surface area contributed by atoms with Gasteiger partial charge in [0.25, 0.3) is 0 Å². The summed E-state index contributed by atoms with van der Waals surface area (Å²) in [5, 5.41) is 10.4. The van der Waals surface area contributed by atoms with Gasteiger partial charge in [0.1, 0.15) is 0 Å². The normalized spacial score (nSPS) is 17.3. The van der Waals surface area contributed by atoms with Crippen LogP contribution in [-0.4, -0.2) is 26.5 Å². The molecule has 0 saturated heterocycles. The van der Waals surface area contributed by atoms with Crippen molar-refractivity contribution in [2.75, 3.05) is 6.54 Å². The summed E-state index contributed by atoms with van der Waals surface area (Å²) >= 11 is 0. The molecule has 1 aliphatic rings. The first-order valence-electron chi connectivity index (χ1n) is 8.55. The maximum absolute atomic E-state index is 10.4. The number of rotatable bonds is 3. The largest absolute Gasteiger partial charge is 0.387 e. The molecule has 126 valence electrons. The minimum absolute atomic E-state index is 0.433. The predicted molar refractivity (Wildman–Crippen MR) is 97.7 cm³/mol. The lowest BCUT2D eigenvalue weighted by atomic mass is 9.97. The Hall–Kier alpha value is -2.56. The van der Waals surface area contributed by atoms with E-state index in [1.165, 1.54) is 11.1 Å². The second-order valence-corrected chi connectivity index (χ2v) is 6.67. The summed E-state index contributed by atoms with van der Waals surface area (Å²) in [6.45, 7) is 4.28. The van der Waals surface area contributed by atoms with Crippen LogP contribution in [0.4, 0.5) is 0 Å². The number of β-amino-alcohol motifs (C(OH)–C–C–N with tert-alkyl or cyclic N) is 1. The molecule has 4 heteroatoms. The van der Waals surface area contributed by atoms with Crippen molar-refractivity contribution in [2.24, 2.45) is 0 Å². The summed E-state index contributed by atoms with van der Waals surface area (Å²) in [6.07, 6.45) is 3.34. The van der Waals surface area contributed by atoms with E-state index in [0.29, 0.717) is 6.54 Å². The second-order valence-electron chi connectivity index (χ2n) is 6.67. The molecule has 1 N–H and O–H groups in total. The fourth-order valence-electron chi connectivity index (χ4n) is 3.40. The minimum Gasteiger partial charge on any atom is -0.387 e. The van der Waals surface area contributed by atoms with Crippen LogP contribution in [0.15, 0.2) is 60.9 Å². The molecule has 0 saturated carbocycles. The smallest absolute Gasteiger partial charge is 0.159 e. The molecule has 4 nitrogen and oxygen atoms in total. The number of benzene rings is 2. The lowest BCUT2D eigenvalue weighted by Gasteiger charge is -2.32. The summed E-state index contributed by atoms with van der Waals surface area (Å²) < 4.78 is 0. The first-order chi connectivity index (χ1) is 12.2. The van der Waals surface area contributed by atoms with E-state index in [0.717, 1.165) is 35.6 Å². The molecule has 1 aliphatic heterocycles. The molecule has 4 rings (SSSR count). The van der Waals surface area contributed by atoms with Crippen molar-refractivity contribution < 1.29 is 5.11 Å². The van der Waals surface area contributed by atoms with Crippen molar-refractivity contribution in [3.63, 3.8) is 0 Å². The van der Waals surface area contributed by atoms with Crippen LogP contribution < -0.4 is 0 Å². The zero-order valence-electron chi connectivity index (χ0n) is 14.3. The van der Waals surface area contributed by atoms with Gasteiger partial charge in [-0.1, -0.05) is 48.0 Å². The predicted octanol–water partition coefficient (Wildman–Crippen LogP) is 3.50. The van der Waals surface area contributed by atoms with E-state index in [-0.39, 0.29) is 0 Å². The van der Waals surface area contributed by atoms with Gasteiger partial charge in [-0.15, -0.1) is 0 Å². The highest BCUT2D eigenvalue weighted by molar-refractivity contribution is 5.55. The van der Waals surface area contributed by atoms with Crippen LogP contribution in [-0.2, 0) is 13.1 Å². The standard InChI is InChI=1S/C21H21N3O/c1-15-5-4-7-17(9-15)21-22-10-16(11-23-21)12-24-13-18-6-2-3-8-19(18)20(25)14-24/h2-11,20,25H,12-14H2,1H3/t20-/m0/s1. The fourth-order valence-corrected chi connectivity index (χ4v) is 3.40. The molecule has 0 fully saturated rings. The monoisotopic (exact) mass is 331 g/mol.